The quantitative estimate of drug-likeness (QED) is 0.756. The zero-order chi connectivity index (χ0) is 10.3. The number of Topliss-reactive ketones (excluding diaryl/α,β-unsaturated/α-hetero) is 1. The first-order valence-corrected chi connectivity index (χ1v) is 5.21. The number of fused-ring (bicyclic) bond motifs is 1. The van der Waals surface area contributed by atoms with Gasteiger partial charge in [-0.3, -0.25) is 4.79 Å². The predicted octanol–water partition coefficient (Wildman–Crippen LogP) is 3.46. The highest BCUT2D eigenvalue weighted by atomic mass is 35.5. The van der Waals surface area contributed by atoms with E-state index in [1.165, 1.54) is 18.3 Å². The molecule has 2 rings (SSSR count). The molecule has 1 aromatic heterocycles. The molecule has 0 fully saturated rings. The van der Waals surface area contributed by atoms with Gasteiger partial charge in [0.05, 0.1) is 0 Å². The Labute approximate surface area is 89.7 Å². The Hall–Kier alpha value is -1.06. The fourth-order valence-corrected chi connectivity index (χ4v) is 2.56. The Morgan fingerprint density at radius 1 is 1.50 bits per heavy atom. The molecule has 1 aromatic carbocycles. The monoisotopic (exact) mass is 226 g/mol. The van der Waals surface area contributed by atoms with Crippen LogP contribution in [0.1, 0.15) is 16.6 Å². The summed E-state index contributed by atoms with van der Waals surface area (Å²) in [4.78, 5) is 11.5. The van der Waals surface area contributed by atoms with Crippen LogP contribution in [-0.2, 0) is 0 Å². The topological polar surface area (TPSA) is 37.3 Å². The Kier molecular flexibility index (Phi) is 2.21. The van der Waals surface area contributed by atoms with Gasteiger partial charge in [0, 0.05) is 22.0 Å². The molecule has 4 heteroatoms. The lowest BCUT2D eigenvalue weighted by Crippen LogP contribution is -1.85. The third-order valence-corrected chi connectivity index (χ3v) is 3.42. The average molecular weight is 227 g/mol. The van der Waals surface area contributed by atoms with Gasteiger partial charge in [0.25, 0.3) is 0 Å². The van der Waals surface area contributed by atoms with E-state index in [0.717, 1.165) is 4.70 Å². The zero-order valence-electron chi connectivity index (χ0n) is 7.37. The first kappa shape index (κ1) is 9.49. The van der Waals surface area contributed by atoms with E-state index in [1.54, 1.807) is 18.2 Å². The molecule has 0 saturated carbocycles. The van der Waals surface area contributed by atoms with Gasteiger partial charge in [-0.25, -0.2) is 0 Å². The van der Waals surface area contributed by atoms with Crippen LogP contribution in [0.4, 0.5) is 0 Å². The van der Waals surface area contributed by atoms with E-state index in [9.17, 15) is 9.90 Å². The molecule has 0 aliphatic heterocycles. The molecule has 2 nitrogen and oxygen atoms in total. The molecule has 0 spiro atoms. The molecule has 0 atom stereocenters. The minimum atomic E-state index is -0.125. The molecule has 72 valence electrons. The fourth-order valence-electron chi connectivity index (χ4n) is 1.30. The highest BCUT2D eigenvalue weighted by Gasteiger charge is 2.14. The molecule has 0 radical (unpaired) electrons. The molecule has 1 N–H and O–H groups in total. The maximum Gasteiger partial charge on any atom is 0.173 e. The number of ketones is 1. The first-order chi connectivity index (χ1) is 6.59. The third-order valence-electron chi connectivity index (χ3n) is 1.95. The van der Waals surface area contributed by atoms with Crippen molar-refractivity contribution in [3.05, 3.63) is 28.1 Å². The second-order valence-electron chi connectivity index (χ2n) is 2.98. The molecule has 0 saturated heterocycles. The largest absolute Gasteiger partial charge is 0.506 e. The lowest BCUT2D eigenvalue weighted by atomic mass is 10.2. The second-order valence-corrected chi connectivity index (χ2v) is 4.47. The summed E-state index contributed by atoms with van der Waals surface area (Å²) in [7, 11) is 0. The molecule has 0 aliphatic carbocycles. The van der Waals surface area contributed by atoms with E-state index >= 15 is 0 Å². The number of rotatable bonds is 1. The van der Waals surface area contributed by atoms with Crippen molar-refractivity contribution in [2.45, 2.75) is 6.92 Å². The van der Waals surface area contributed by atoms with Crippen molar-refractivity contribution in [3.8, 4) is 5.75 Å². The highest BCUT2D eigenvalue weighted by Crippen LogP contribution is 2.38. The lowest BCUT2D eigenvalue weighted by molar-refractivity contribution is 0.101. The van der Waals surface area contributed by atoms with E-state index in [4.69, 9.17) is 11.6 Å². The molecular formula is C10H7ClO2S. The van der Waals surface area contributed by atoms with Crippen LogP contribution in [0.2, 0.25) is 5.02 Å². The van der Waals surface area contributed by atoms with Gasteiger partial charge >= 0.3 is 0 Å². The summed E-state index contributed by atoms with van der Waals surface area (Å²) in [6, 6.07) is 5.16. The SMILES string of the molecule is CC(=O)c1sc2cc(Cl)ccc2c1O. The summed E-state index contributed by atoms with van der Waals surface area (Å²) < 4.78 is 0.834. The van der Waals surface area contributed by atoms with Crippen LogP contribution < -0.4 is 0 Å². The molecule has 1 heterocycles. The Morgan fingerprint density at radius 2 is 2.21 bits per heavy atom. The standard InChI is InChI=1S/C10H7ClO2S/c1-5(12)10-9(13)7-3-2-6(11)4-8(7)14-10/h2-4,13H,1H3. The van der Waals surface area contributed by atoms with Gasteiger partial charge in [-0.05, 0) is 18.2 Å². The summed E-state index contributed by atoms with van der Waals surface area (Å²) >= 11 is 7.06. The van der Waals surface area contributed by atoms with Crippen molar-refractivity contribution in [1.82, 2.24) is 0 Å². The van der Waals surface area contributed by atoms with Crippen LogP contribution in [-0.4, -0.2) is 10.9 Å². The molecule has 2 aromatic rings. The van der Waals surface area contributed by atoms with Crippen LogP contribution >= 0.6 is 22.9 Å². The molecular weight excluding hydrogens is 220 g/mol. The third kappa shape index (κ3) is 1.38. The molecule has 0 bridgehead atoms. The second kappa shape index (κ2) is 3.26. The normalized spacial score (nSPS) is 10.7. The Balaban J connectivity index is 2.79. The predicted molar refractivity (Wildman–Crippen MR) is 58.5 cm³/mol. The number of aromatic hydroxyl groups is 1. The molecule has 0 amide bonds. The summed E-state index contributed by atoms with van der Waals surface area (Å²) in [6.45, 7) is 1.44. The maximum atomic E-state index is 11.1. The lowest BCUT2D eigenvalue weighted by Gasteiger charge is -1.91. The number of carbonyl (C=O) groups is 1. The smallest absolute Gasteiger partial charge is 0.173 e. The van der Waals surface area contributed by atoms with E-state index < -0.39 is 0 Å². The first-order valence-electron chi connectivity index (χ1n) is 4.01. The summed E-state index contributed by atoms with van der Waals surface area (Å²) in [6.07, 6.45) is 0. The molecule has 14 heavy (non-hydrogen) atoms. The van der Waals surface area contributed by atoms with E-state index in [-0.39, 0.29) is 11.5 Å². The van der Waals surface area contributed by atoms with Crippen LogP contribution in [0.15, 0.2) is 18.2 Å². The number of hydrogen-bond acceptors (Lipinski definition) is 3. The van der Waals surface area contributed by atoms with Crippen molar-refractivity contribution in [2.24, 2.45) is 0 Å². The van der Waals surface area contributed by atoms with Gasteiger partial charge in [0.2, 0.25) is 0 Å². The van der Waals surface area contributed by atoms with Crippen LogP contribution in [0, 0.1) is 0 Å². The van der Waals surface area contributed by atoms with Gasteiger partial charge in [0.15, 0.2) is 5.78 Å². The van der Waals surface area contributed by atoms with E-state index in [0.29, 0.717) is 15.3 Å². The number of carbonyl (C=O) groups excluding carboxylic acids is 1. The summed E-state index contributed by atoms with van der Waals surface area (Å²) in [5, 5.41) is 11.0. The number of halogens is 1. The van der Waals surface area contributed by atoms with Crippen molar-refractivity contribution < 1.29 is 9.90 Å². The van der Waals surface area contributed by atoms with E-state index in [1.807, 2.05) is 0 Å². The van der Waals surface area contributed by atoms with Gasteiger partial charge in [-0.2, -0.15) is 0 Å². The van der Waals surface area contributed by atoms with Crippen LogP contribution in [0.3, 0.4) is 0 Å². The van der Waals surface area contributed by atoms with Crippen molar-refractivity contribution >= 4 is 38.8 Å². The number of benzene rings is 1. The van der Waals surface area contributed by atoms with Crippen molar-refractivity contribution in [2.75, 3.05) is 0 Å². The number of thiophene rings is 1. The summed E-state index contributed by atoms with van der Waals surface area (Å²) in [5.74, 6) is -0.0611. The summed E-state index contributed by atoms with van der Waals surface area (Å²) in [5.41, 5.74) is 0. The molecule has 0 aliphatic rings. The maximum absolute atomic E-state index is 11.1. The highest BCUT2D eigenvalue weighted by molar-refractivity contribution is 7.21. The average Bonchev–Trinajstić information content (AvgIpc) is 2.43. The Bertz CT molecular complexity index is 516. The fraction of sp³-hybridized carbons (Fsp3) is 0.100. The zero-order valence-corrected chi connectivity index (χ0v) is 8.95. The molecule has 0 unspecified atom stereocenters. The van der Waals surface area contributed by atoms with Gasteiger partial charge in [-0.15, -0.1) is 11.3 Å². The van der Waals surface area contributed by atoms with Crippen LogP contribution in [0.5, 0.6) is 5.75 Å². The minimum absolute atomic E-state index is 0.0640. The van der Waals surface area contributed by atoms with Gasteiger partial charge < -0.3 is 5.11 Å². The minimum Gasteiger partial charge on any atom is -0.506 e. The van der Waals surface area contributed by atoms with Crippen molar-refractivity contribution in [1.29, 1.82) is 0 Å². The van der Waals surface area contributed by atoms with Gasteiger partial charge in [-0.1, -0.05) is 11.6 Å². The van der Waals surface area contributed by atoms with Crippen LogP contribution in [0.25, 0.3) is 10.1 Å². The van der Waals surface area contributed by atoms with Gasteiger partial charge in [0.1, 0.15) is 10.6 Å². The van der Waals surface area contributed by atoms with Crippen molar-refractivity contribution in [3.63, 3.8) is 0 Å². The Morgan fingerprint density at radius 3 is 2.86 bits per heavy atom. The number of hydrogen-bond donors (Lipinski definition) is 1. The van der Waals surface area contributed by atoms with E-state index in [2.05, 4.69) is 0 Å².